The average Bonchev–Trinajstić information content (AvgIpc) is 2.72. The molecule has 0 aromatic heterocycles. The largest absolute Gasteiger partial charge is 0.369 e. The molecule has 0 spiro atoms. The number of hydrogen-bond acceptors (Lipinski definition) is 6. The predicted molar refractivity (Wildman–Crippen MR) is 79.5 cm³/mol. The van der Waals surface area contributed by atoms with E-state index in [4.69, 9.17) is 5.73 Å². The molecule has 0 saturated carbocycles. The van der Waals surface area contributed by atoms with E-state index < -0.39 is 30.1 Å². The van der Waals surface area contributed by atoms with Gasteiger partial charge in [-0.25, -0.2) is 9.79 Å². The Bertz CT molecular complexity index is 547. The molecule has 9 heteroatoms. The molecule has 0 aromatic carbocycles. The van der Waals surface area contributed by atoms with Crippen molar-refractivity contribution >= 4 is 34.8 Å². The van der Waals surface area contributed by atoms with Gasteiger partial charge in [-0.3, -0.25) is 14.9 Å². The fourth-order valence-electron chi connectivity index (χ4n) is 2.21. The first kappa shape index (κ1) is 15.4. The third kappa shape index (κ3) is 3.02. The number of imide groups is 1. The van der Waals surface area contributed by atoms with Crippen LogP contribution in [-0.2, 0) is 9.59 Å². The number of nitrogens with two attached hydrogens (primary N) is 1. The number of nitrogens with one attached hydrogen (secondary N) is 1. The molecule has 1 saturated heterocycles. The summed E-state index contributed by atoms with van der Waals surface area (Å²) in [5.41, 5.74) is 5.99. The fourth-order valence-corrected chi connectivity index (χ4v) is 3.01. The van der Waals surface area contributed by atoms with Gasteiger partial charge in [0, 0.05) is 13.6 Å². The van der Waals surface area contributed by atoms with Crippen LogP contribution in [0.3, 0.4) is 0 Å². The Morgan fingerprint density at radius 2 is 2.19 bits per heavy atom. The maximum Gasteiger partial charge on any atom is 0.325 e. The molecule has 0 bridgehead atoms. The Hall–Kier alpha value is -2.03. The number of rotatable bonds is 4. The second-order valence-corrected chi connectivity index (χ2v) is 5.96. The molecule has 0 radical (unpaired) electrons. The third-order valence-electron chi connectivity index (χ3n) is 3.11. The molecular formula is C12H17N5O3S. The van der Waals surface area contributed by atoms with Crippen molar-refractivity contribution in [2.75, 3.05) is 19.3 Å². The van der Waals surface area contributed by atoms with Gasteiger partial charge in [0.05, 0.1) is 5.75 Å². The molecule has 21 heavy (non-hydrogen) atoms. The van der Waals surface area contributed by atoms with Gasteiger partial charge in [0.1, 0.15) is 0 Å². The normalized spacial score (nSPS) is 24.6. The maximum atomic E-state index is 12.1. The van der Waals surface area contributed by atoms with Crippen LogP contribution in [0, 0.1) is 0 Å². The lowest BCUT2D eigenvalue weighted by Gasteiger charge is -2.36. The van der Waals surface area contributed by atoms with Gasteiger partial charge in [-0.2, -0.15) is 0 Å². The number of likely N-dealkylation sites (N-methyl/N-ethyl adjacent to an activating group) is 1. The van der Waals surface area contributed by atoms with Crippen LogP contribution in [0.15, 0.2) is 17.1 Å². The molecule has 2 aliphatic rings. The number of hydrogen-bond donors (Lipinski definition) is 2. The summed E-state index contributed by atoms with van der Waals surface area (Å²) in [5, 5.41) is 2.81. The van der Waals surface area contributed by atoms with E-state index in [1.54, 1.807) is 11.9 Å². The van der Waals surface area contributed by atoms with Crippen molar-refractivity contribution in [1.82, 2.24) is 15.1 Å². The number of aliphatic imine (C=N–C) groups is 1. The van der Waals surface area contributed by atoms with Crippen LogP contribution in [-0.4, -0.2) is 64.4 Å². The maximum absolute atomic E-state index is 12.1. The standard InChI is InChI=1S/C12H17N5O3S/c1-6(2)4-17-8-9(14-12(17)21-5-7(13)18)16(3)11(20)15-10(8)19/h8-9H,1,4-5H2,2-3H3,(H2,13,18)(H,15,19,20). The summed E-state index contributed by atoms with van der Waals surface area (Å²) in [5.74, 6) is -0.811. The lowest BCUT2D eigenvalue weighted by molar-refractivity contribution is -0.126. The summed E-state index contributed by atoms with van der Waals surface area (Å²) in [6.45, 7) is 6.09. The molecule has 1 fully saturated rings. The Morgan fingerprint density at radius 1 is 1.52 bits per heavy atom. The van der Waals surface area contributed by atoms with Crippen LogP contribution < -0.4 is 11.1 Å². The van der Waals surface area contributed by atoms with E-state index in [0.29, 0.717) is 11.7 Å². The van der Waals surface area contributed by atoms with E-state index in [1.165, 1.54) is 4.90 Å². The number of thioether (sulfide) groups is 1. The molecule has 8 nitrogen and oxygen atoms in total. The van der Waals surface area contributed by atoms with Gasteiger partial charge in [0.15, 0.2) is 17.4 Å². The highest BCUT2D eigenvalue weighted by molar-refractivity contribution is 8.14. The number of amidine groups is 1. The van der Waals surface area contributed by atoms with E-state index in [-0.39, 0.29) is 5.75 Å². The molecule has 2 heterocycles. The van der Waals surface area contributed by atoms with Crippen LogP contribution in [0.4, 0.5) is 4.79 Å². The number of fused-ring (bicyclic) bond motifs is 1. The van der Waals surface area contributed by atoms with Crippen LogP contribution in [0.1, 0.15) is 6.92 Å². The molecule has 2 atom stereocenters. The number of urea groups is 1. The van der Waals surface area contributed by atoms with E-state index >= 15 is 0 Å². The van der Waals surface area contributed by atoms with Gasteiger partial charge in [-0.05, 0) is 6.92 Å². The van der Waals surface area contributed by atoms with Crippen molar-refractivity contribution in [2.45, 2.75) is 19.1 Å². The molecule has 0 aliphatic carbocycles. The zero-order valence-corrected chi connectivity index (χ0v) is 12.6. The Morgan fingerprint density at radius 3 is 2.76 bits per heavy atom. The van der Waals surface area contributed by atoms with E-state index in [0.717, 1.165) is 17.3 Å². The van der Waals surface area contributed by atoms with E-state index in [9.17, 15) is 14.4 Å². The first-order valence-corrected chi connectivity index (χ1v) is 7.27. The van der Waals surface area contributed by atoms with Gasteiger partial charge in [-0.1, -0.05) is 23.9 Å². The van der Waals surface area contributed by atoms with E-state index in [1.807, 2.05) is 6.92 Å². The number of primary amides is 1. The number of amides is 4. The Labute approximate surface area is 126 Å². The summed E-state index contributed by atoms with van der Waals surface area (Å²) in [4.78, 5) is 42.2. The van der Waals surface area contributed by atoms with E-state index in [2.05, 4.69) is 16.9 Å². The zero-order chi connectivity index (χ0) is 15.7. The molecular weight excluding hydrogens is 294 g/mol. The molecule has 114 valence electrons. The Kier molecular flexibility index (Phi) is 4.21. The first-order chi connectivity index (χ1) is 9.81. The number of nitrogens with zero attached hydrogens (tertiary/aromatic N) is 3. The predicted octanol–water partition coefficient (Wildman–Crippen LogP) is -0.671. The highest BCUT2D eigenvalue weighted by Gasteiger charge is 2.48. The SMILES string of the molecule is C=C(C)CN1C(SCC(N)=O)=NC2C1C(=O)NC(=O)N2C. The second-order valence-electron chi connectivity index (χ2n) is 5.02. The highest BCUT2D eigenvalue weighted by atomic mass is 32.2. The summed E-state index contributed by atoms with van der Waals surface area (Å²) in [7, 11) is 1.57. The minimum absolute atomic E-state index is 0.0598. The van der Waals surface area contributed by atoms with Gasteiger partial charge in [0.2, 0.25) is 5.91 Å². The summed E-state index contributed by atoms with van der Waals surface area (Å²) in [6.07, 6.45) is -0.596. The number of carbonyl (C=O) groups is 3. The zero-order valence-electron chi connectivity index (χ0n) is 11.8. The summed E-state index contributed by atoms with van der Waals surface area (Å²) < 4.78 is 0. The van der Waals surface area contributed by atoms with Crippen molar-refractivity contribution < 1.29 is 14.4 Å². The third-order valence-corrected chi connectivity index (χ3v) is 4.13. The van der Waals surface area contributed by atoms with Gasteiger partial charge in [-0.15, -0.1) is 0 Å². The van der Waals surface area contributed by atoms with Gasteiger partial charge < -0.3 is 15.5 Å². The topological polar surface area (TPSA) is 108 Å². The monoisotopic (exact) mass is 311 g/mol. The van der Waals surface area contributed by atoms with Crippen molar-refractivity contribution in [1.29, 1.82) is 0 Å². The smallest absolute Gasteiger partial charge is 0.325 e. The molecule has 2 rings (SSSR count). The van der Waals surface area contributed by atoms with Crippen LogP contribution >= 0.6 is 11.8 Å². The van der Waals surface area contributed by atoms with Crippen LogP contribution in [0.5, 0.6) is 0 Å². The van der Waals surface area contributed by atoms with Crippen molar-refractivity contribution in [3.8, 4) is 0 Å². The van der Waals surface area contributed by atoms with Crippen molar-refractivity contribution in [2.24, 2.45) is 10.7 Å². The minimum atomic E-state index is -0.611. The van der Waals surface area contributed by atoms with Crippen LogP contribution in [0.2, 0.25) is 0 Å². The lowest BCUT2D eigenvalue weighted by atomic mass is 10.1. The minimum Gasteiger partial charge on any atom is -0.369 e. The lowest BCUT2D eigenvalue weighted by Crippen LogP contribution is -2.63. The molecule has 0 aromatic rings. The first-order valence-electron chi connectivity index (χ1n) is 6.29. The second kappa shape index (κ2) is 5.76. The number of carbonyl (C=O) groups excluding carboxylic acids is 3. The quantitative estimate of drug-likeness (QED) is 0.669. The molecule has 2 unspecified atom stereocenters. The van der Waals surface area contributed by atoms with Crippen LogP contribution in [0.25, 0.3) is 0 Å². The fraction of sp³-hybridized carbons (Fsp3) is 0.500. The summed E-state index contributed by atoms with van der Waals surface area (Å²) >= 11 is 1.16. The van der Waals surface area contributed by atoms with Crippen molar-refractivity contribution in [3.05, 3.63) is 12.2 Å². The van der Waals surface area contributed by atoms with Crippen molar-refractivity contribution in [3.63, 3.8) is 0 Å². The molecule has 2 aliphatic heterocycles. The van der Waals surface area contributed by atoms with Gasteiger partial charge >= 0.3 is 6.03 Å². The Balaban J connectivity index is 2.28. The summed E-state index contributed by atoms with van der Waals surface area (Å²) in [6, 6.07) is -1.10. The average molecular weight is 311 g/mol. The molecule has 4 amide bonds. The molecule has 3 N–H and O–H groups in total. The van der Waals surface area contributed by atoms with Gasteiger partial charge in [0.25, 0.3) is 5.91 Å². The highest BCUT2D eigenvalue weighted by Crippen LogP contribution is 2.28.